The van der Waals surface area contributed by atoms with Crippen LogP contribution in [0, 0.1) is 0 Å². The number of nitrogens with zero attached hydrogens (tertiary/aromatic N) is 2. The number of hydrogen-bond donors (Lipinski definition) is 2. The Labute approximate surface area is 137 Å². The molecule has 0 saturated carbocycles. The molecule has 0 aliphatic carbocycles. The number of carboxylic acid groups (broad SMARTS) is 1. The molecule has 1 unspecified atom stereocenters. The summed E-state index contributed by atoms with van der Waals surface area (Å²) in [6, 6.07) is -1.31. The molecule has 0 saturated heterocycles. The zero-order valence-electron chi connectivity index (χ0n) is 13.6. The Balaban J connectivity index is 3.21. The summed E-state index contributed by atoms with van der Waals surface area (Å²) < 4.78 is 40.8. The highest BCUT2D eigenvalue weighted by molar-refractivity contribution is 5.97. The summed E-state index contributed by atoms with van der Waals surface area (Å²) in [4.78, 5) is 23.3. The Morgan fingerprint density at radius 1 is 1.42 bits per heavy atom. The predicted octanol–water partition coefficient (Wildman–Crippen LogP) is 2.81. The van der Waals surface area contributed by atoms with Gasteiger partial charge in [-0.2, -0.15) is 18.3 Å². The van der Waals surface area contributed by atoms with E-state index in [2.05, 4.69) is 17.0 Å². The number of aliphatic carboxylic acids is 1. The molecular weight excluding hydrogens is 327 g/mol. The van der Waals surface area contributed by atoms with E-state index in [0.29, 0.717) is 11.1 Å². The van der Waals surface area contributed by atoms with Gasteiger partial charge in [0.25, 0.3) is 5.91 Å². The van der Waals surface area contributed by atoms with E-state index in [0.717, 1.165) is 6.20 Å². The van der Waals surface area contributed by atoms with Crippen LogP contribution in [0.5, 0.6) is 0 Å². The molecule has 1 amide bonds. The van der Waals surface area contributed by atoms with Crippen molar-refractivity contribution in [1.82, 2.24) is 15.1 Å². The Morgan fingerprint density at radius 2 is 2.00 bits per heavy atom. The number of carboxylic acids is 1. The van der Waals surface area contributed by atoms with Gasteiger partial charge in [0.15, 0.2) is 5.69 Å². The maximum Gasteiger partial charge on any atom is 0.433 e. The number of nitrogens with one attached hydrogen (secondary N) is 1. The van der Waals surface area contributed by atoms with Crippen LogP contribution in [0.1, 0.15) is 49.7 Å². The zero-order chi connectivity index (χ0) is 18.7. The minimum atomic E-state index is -4.81. The molecule has 0 fully saturated rings. The van der Waals surface area contributed by atoms with Crippen molar-refractivity contribution in [2.75, 3.05) is 0 Å². The number of amides is 1. The lowest BCUT2D eigenvalue weighted by molar-refractivity contribution is -0.146. The highest BCUT2D eigenvalue weighted by Gasteiger charge is 2.42. The molecule has 134 valence electrons. The molecule has 2 N–H and O–H groups in total. The maximum atomic E-state index is 13.4. The van der Waals surface area contributed by atoms with Crippen molar-refractivity contribution in [3.05, 3.63) is 30.1 Å². The quantitative estimate of drug-likeness (QED) is 0.775. The van der Waals surface area contributed by atoms with Crippen LogP contribution < -0.4 is 5.32 Å². The molecule has 1 aromatic rings. The van der Waals surface area contributed by atoms with Crippen molar-refractivity contribution in [2.24, 2.45) is 0 Å². The summed E-state index contributed by atoms with van der Waals surface area (Å²) in [6.45, 7) is 7.98. The van der Waals surface area contributed by atoms with Crippen molar-refractivity contribution in [1.29, 1.82) is 0 Å². The molecular formula is C15H20F3N3O3. The minimum Gasteiger partial charge on any atom is -0.480 e. The summed E-state index contributed by atoms with van der Waals surface area (Å²) in [5.74, 6) is -2.46. The Kier molecular flexibility index (Phi) is 5.80. The summed E-state index contributed by atoms with van der Waals surface area (Å²) in [7, 11) is 0. The molecule has 6 nitrogen and oxygen atoms in total. The number of rotatable bonds is 6. The van der Waals surface area contributed by atoms with Crippen LogP contribution in [0.2, 0.25) is 0 Å². The number of hydrogen-bond acceptors (Lipinski definition) is 3. The Hall–Kier alpha value is -2.32. The van der Waals surface area contributed by atoms with Crippen molar-refractivity contribution >= 4 is 11.9 Å². The van der Waals surface area contributed by atoms with E-state index in [9.17, 15) is 22.8 Å². The van der Waals surface area contributed by atoms with Crippen LogP contribution >= 0.6 is 0 Å². The summed E-state index contributed by atoms with van der Waals surface area (Å²) in [5.41, 5.74) is -2.92. The van der Waals surface area contributed by atoms with E-state index in [4.69, 9.17) is 5.11 Å². The first-order chi connectivity index (χ1) is 10.9. The van der Waals surface area contributed by atoms with E-state index in [-0.39, 0.29) is 6.42 Å². The minimum absolute atomic E-state index is 0.0271. The second-order valence-corrected chi connectivity index (χ2v) is 6.22. The number of carbonyl (C=O) groups is 2. The average molecular weight is 347 g/mol. The molecule has 1 aromatic heterocycles. The standard InChI is InChI=1S/C15H20F3N3O3/c1-5-6-7-10(13(23)24)20-12(22)9-8-19-21(14(2,3)4)11(9)15(16,17)18/h5,8,10H,1,6-7H2,2-4H3,(H,20,22)(H,23,24). The van der Waals surface area contributed by atoms with Gasteiger partial charge in [-0.1, -0.05) is 6.08 Å². The topological polar surface area (TPSA) is 84.2 Å². The van der Waals surface area contributed by atoms with Gasteiger partial charge >= 0.3 is 12.1 Å². The van der Waals surface area contributed by atoms with Crippen LogP contribution in [-0.2, 0) is 16.5 Å². The SMILES string of the molecule is C=CCCC(NC(=O)c1cnn(C(C)(C)C)c1C(F)(F)F)C(=O)O. The first-order valence-corrected chi connectivity index (χ1v) is 7.19. The summed E-state index contributed by atoms with van der Waals surface area (Å²) in [5, 5.41) is 14.8. The molecule has 9 heteroatoms. The van der Waals surface area contributed by atoms with Gasteiger partial charge in [-0.05, 0) is 33.6 Å². The Bertz CT molecular complexity index is 630. The van der Waals surface area contributed by atoms with E-state index in [1.807, 2.05) is 0 Å². The number of carbonyl (C=O) groups excluding carboxylic acids is 1. The van der Waals surface area contributed by atoms with E-state index >= 15 is 0 Å². The van der Waals surface area contributed by atoms with E-state index < -0.39 is 40.9 Å². The number of allylic oxidation sites excluding steroid dienone is 1. The van der Waals surface area contributed by atoms with Crippen LogP contribution in [0.25, 0.3) is 0 Å². The first-order valence-electron chi connectivity index (χ1n) is 7.19. The van der Waals surface area contributed by atoms with E-state index in [1.165, 1.54) is 26.8 Å². The fraction of sp³-hybridized carbons (Fsp3) is 0.533. The third-order valence-electron chi connectivity index (χ3n) is 3.18. The first kappa shape index (κ1) is 19.7. The molecule has 0 radical (unpaired) electrons. The molecule has 24 heavy (non-hydrogen) atoms. The van der Waals surface area contributed by atoms with Gasteiger partial charge in [0.2, 0.25) is 0 Å². The number of alkyl halides is 3. The number of halogens is 3. The molecule has 0 bridgehead atoms. The zero-order valence-corrected chi connectivity index (χ0v) is 13.6. The fourth-order valence-corrected chi connectivity index (χ4v) is 2.07. The van der Waals surface area contributed by atoms with Gasteiger partial charge in [0.05, 0.1) is 17.3 Å². The van der Waals surface area contributed by atoms with Crippen LogP contribution in [0.4, 0.5) is 13.2 Å². The van der Waals surface area contributed by atoms with Crippen LogP contribution in [0.3, 0.4) is 0 Å². The molecule has 0 aromatic carbocycles. The third kappa shape index (κ3) is 4.59. The van der Waals surface area contributed by atoms with Crippen molar-refractivity contribution in [2.45, 2.75) is 51.4 Å². The van der Waals surface area contributed by atoms with Gasteiger partial charge in [0, 0.05) is 0 Å². The normalized spacial score (nSPS) is 13.4. The smallest absolute Gasteiger partial charge is 0.433 e. The largest absolute Gasteiger partial charge is 0.480 e. The highest BCUT2D eigenvalue weighted by Crippen LogP contribution is 2.34. The van der Waals surface area contributed by atoms with Gasteiger partial charge in [-0.3, -0.25) is 9.48 Å². The van der Waals surface area contributed by atoms with E-state index in [1.54, 1.807) is 0 Å². The van der Waals surface area contributed by atoms with Crippen molar-refractivity contribution in [3.63, 3.8) is 0 Å². The predicted molar refractivity (Wildman–Crippen MR) is 80.5 cm³/mol. The third-order valence-corrected chi connectivity index (χ3v) is 3.18. The molecule has 0 aliphatic heterocycles. The molecule has 0 aliphatic rings. The van der Waals surface area contributed by atoms with Crippen molar-refractivity contribution < 1.29 is 27.9 Å². The summed E-state index contributed by atoms with van der Waals surface area (Å²) in [6.07, 6.45) is -2.23. The van der Waals surface area contributed by atoms with Crippen LogP contribution in [0.15, 0.2) is 18.9 Å². The monoisotopic (exact) mass is 347 g/mol. The lowest BCUT2D eigenvalue weighted by Gasteiger charge is -2.24. The second kappa shape index (κ2) is 7.06. The maximum absolute atomic E-state index is 13.4. The fourth-order valence-electron chi connectivity index (χ4n) is 2.07. The molecule has 1 heterocycles. The van der Waals surface area contributed by atoms with Gasteiger partial charge in [0.1, 0.15) is 6.04 Å². The lowest BCUT2D eigenvalue weighted by atomic mass is 10.1. The Morgan fingerprint density at radius 3 is 2.42 bits per heavy atom. The molecule has 1 atom stereocenters. The average Bonchev–Trinajstić information content (AvgIpc) is 2.87. The van der Waals surface area contributed by atoms with Crippen LogP contribution in [-0.4, -0.2) is 32.8 Å². The van der Waals surface area contributed by atoms with Gasteiger partial charge in [-0.15, -0.1) is 6.58 Å². The highest BCUT2D eigenvalue weighted by atomic mass is 19.4. The molecule has 0 spiro atoms. The van der Waals surface area contributed by atoms with Gasteiger partial charge in [-0.25, -0.2) is 4.79 Å². The second-order valence-electron chi connectivity index (χ2n) is 6.22. The summed E-state index contributed by atoms with van der Waals surface area (Å²) >= 11 is 0. The van der Waals surface area contributed by atoms with Gasteiger partial charge < -0.3 is 10.4 Å². The number of aromatic nitrogens is 2. The van der Waals surface area contributed by atoms with Crippen molar-refractivity contribution in [3.8, 4) is 0 Å². The molecule has 1 rings (SSSR count). The lowest BCUT2D eigenvalue weighted by Crippen LogP contribution is -2.41.